The lowest BCUT2D eigenvalue weighted by Crippen LogP contribution is -1.96. The molecule has 0 atom stereocenters. The third-order valence-electron chi connectivity index (χ3n) is 1.73. The maximum atomic E-state index is 10.6. The second-order valence-corrected chi connectivity index (χ2v) is 3.25. The standard InChI is InChI=1S/C8H5BrN2O2/c9-8-10-4-6-3-5(7(12)13)1-2-11(6)8/h1-4H,(H,12,13). The smallest absolute Gasteiger partial charge is 0.335 e. The van der Waals surface area contributed by atoms with E-state index in [4.69, 9.17) is 5.11 Å². The fourth-order valence-corrected chi connectivity index (χ4v) is 1.53. The third-order valence-corrected chi connectivity index (χ3v) is 2.32. The molecule has 13 heavy (non-hydrogen) atoms. The van der Waals surface area contributed by atoms with Crippen LogP contribution in [0.15, 0.2) is 29.3 Å². The average Bonchev–Trinajstić information content (AvgIpc) is 2.47. The van der Waals surface area contributed by atoms with Gasteiger partial charge in [0.2, 0.25) is 0 Å². The zero-order chi connectivity index (χ0) is 9.42. The summed E-state index contributed by atoms with van der Waals surface area (Å²) in [5.41, 5.74) is 1.02. The first kappa shape index (κ1) is 8.25. The minimum Gasteiger partial charge on any atom is -0.478 e. The SMILES string of the molecule is O=C(O)c1ccn2c(Br)ncc2c1. The summed E-state index contributed by atoms with van der Waals surface area (Å²) < 4.78 is 2.42. The summed E-state index contributed by atoms with van der Waals surface area (Å²) in [6.45, 7) is 0. The minimum absolute atomic E-state index is 0.264. The molecule has 0 bridgehead atoms. The third kappa shape index (κ3) is 1.31. The van der Waals surface area contributed by atoms with E-state index in [9.17, 15) is 4.79 Å². The molecule has 0 aliphatic rings. The summed E-state index contributed by atoms with van der Waals surface area (Å²) in [4.78, 5) is 14.6. The summed E-state index contributed by atoms with van der Waals surface area (Å²) >= 11 is 3.23. The van der Waals surface area contributed by atoms with Crippen molar-refractivity contribution in [3.05, 3.63) is 34.8 Å². The molecule has 2 rings (SSSR count). The van der Waals surface area contributed by atoms with Gasteiger partial charge >= 0.3 is 5.97 Å². The molecule has 0 aromatic carbocycles. The molecule has 0 saturated carbocycles. The van der Waals surface area contributed by atoms with Gasteiger partial charge in [-0.05, 0) is 28.1 Å². The van der Waals surface area contributed by atoms with E-state index >= 15 is 0 Å². The van der Waals surface area contributed by atoms with Gasteiger partial charge in [0.05, 0.1) is 17.3 Å². The normalized spacial score (nSPS) is 10.5. The zero-order valence-corrected chi connectivity index (χ0v) is 8.02. The highest BCUT2D eigenvalue weighted by Crippen LogP contribution is 2.13. The number of imidazole rings is 1. The summed E-state index contributed by atoms with van der Waals surface area (Å²) in [6, 6.07) is 3.10. The molecule has 2 heterocycles. The predicted octanol–water partition coefficient (Wildman–Crippen LogP) is 1.79. The van der Waals surface area contributed by atoms with Gasteiger partial charge in [-0.1, -0.05) is 0 Å². The van der Waals surface area contributed by atoms with E-state index < -0.39 is 5.97 Å². The van der Waals surface area contributed by atoms with Crippen LogP contribution in [0.1, 0.15) is 10.4 Å². The highest BCUT2D eigenvalue weighted by Gasteiger charge is 2.05. The van der Waals surface area contributed by atoms with Crippen LogP contribution in [0, 0.1) is 0 Å². The van der Waals surface area contributed by atoms with Gasteiger partial charge in [0.1, 0.15) is 0 Å². The fraction of sp³-hybridized carbons (Fsp3) is 0. The Hall–Kier alpha value is -1.36. The summed E-state index contributed by atoms with van der Waals surface area (Å²) in [7, 11) is 0. The van der Waals surface area contributed by atoms with Crippen molar-refractivity contribution in [2.45, 2.75) is 0 Å². The van der Waals surface area contributed by atoms with Gasteiger partial charge in [-0.2, -0.15) is 0 Å². The Balaban J connectivity index is 2.70. The zero-order valence-electron chi connectivity index (χ0n) is 6.44. The molecular formula is C8H5BrN2O2. The van der Waals surface area contributed by atoms with Crippen LogP contribution in [0.25, 0.3) is 5.52 Å². The number of hydrogen-bond donors (Lipinski definition) is 1. The monoisotopic (exact) mass is 240 g/mol. The molecule has 1 N–H and O–H groups in total. The van der Waals surface area contributed by atoms with Crippen molar-refractivity contribution in [1.82, 2.24) is 9.38 Å². The Morgan fingerprint density at radius 2 is 2.38 bits per heavy atom. The van der Waals surface area contributed by atoms with Crippen molar-refractivity contribution in [2.75, 3.05) is 0 Å². The average molecular weight is 241 g/mol. The first-order chi connectivity index (χ1) is 6.18. The van der Waals surface area contributed by atoms with Crippen LogP contribution in [0.4, 0.5) is 0 Å². The van der Waals surface area contributed by atoms with Crippen LogP contribution in [0.5, 0.6) is 0 Å². The van der Waals surface area contributed by atoms with Crippen LogP contribution in [-0.2, 0) is 0 Å². The molecule has 0 saturated heterocycles. The van der Waals surface area contributed by atoms with Gasteiger partial charge in [0.25, 0.3) is 0 Å². The van der Waals surface area contributed by atoms with Crippen molar-refractivity contribution in [2.24, 2.45) is 0 Å². The van der Waals surface area contributed by atoms with Gasteiger partial charge in [-0.25, -0.2) is 9.78 Å². The summed E-state index contributed by atoms with van der Waals surface area (Å²) in [5, 5.41) is 8.71. The highest BCUT2D eigenvalue weighted by atomic mass is 79.9. The van der Waals surface area contributed by atoms with E-state index in [1.54, 1.807) is 22.9 Å². The first-order valence-electron chi connectivity index (χ1n) is 3.54. The largest absolute Gasteiger partial charge is 0.478 e. The number of fused-ring (bicyclic) bond motifs is 1. The van der Waals surface area contributed by atoms with Gasteiger partial charge in [0.15, 0.2) is 4.73 Å². The van der Waals surface area contributed by atoms with E-state index in [1.165, 1.54) is 6.07 Å². The molecule has 5 heteroatoms. The van der Waals surface area contributed by atoms with E-state index in [0.717, 1.165) is 5.52 Å². The topological polar surface area (TPSA) is 54.6 Å². The van der Waals surface area contributed by atoms with Crippen molar-refractivity contribution in [1.29, 1.82) is 0 Å². The highest BCUT2D eigenvalue weighted by molar-refractivity contribution is 9.10. The summed E-state index contributed by atoms with van der Waals surface area (Å²) in [6.07, 6.45) is 3.27. The number of rotatable bonds is 1. The first-order valence-corrected chi connectivity index (χ1v) is 4.33. The molecule has 0 radical (unpaired) electrons. The molecule has 4 nitrogen and oxygen atoms in total. The number of pyridine rings is 1. The lowest BCUT2D eigenvalue weighted by atomic mass is 10.2. The molecule has 0 unspecified atom stereocenters. The maximum absolute atomic E-state index is 10.6. The van der Waals surface area contributed by atoms with Crippen LogP contribution in [0.2, 0.25) is 0 Å². The number of carbonyl (C=O) groups is 1. The number of halogens is 1. The Morgan fingerprint density at radius 1 is 1.62 bits per heavy atom. The van der Waals surface area contributed by atoms with Crippen molar-refractivity contribution in [3.63, 3.8) is 0 Å². The molecule has 2 aromatic heterocycles. The fourth-order valence-electron chi connectivity index (χ4n) is 1.10. The van der Waals surface area contributed by atoms with Gasteiger partial charge in [0, 0.05) is 6.20 Å². The Kier molecular flexibility index (Phi) is 1.81. The van der Waals surface area contributed by atoms with Gasteiger partial charge in [-0.3, -0.25) is 4.40 Å². The number of carboxylic acids is 1. The van der Waals surface area contributed by atoms with E-state index in [1.807, 2.05) is 0 Å². The van der Waals surface area contributed by atoms with Crippen molar-refractivity contribution >= 4 is 27.4 Å². The Bertz CT molecular complexity index is 478. The van der Waals surface area contributed by atoms with Crippen LogP contribution >= 0.6 is 15.9 Å². The molecule has 0 fully saturated rings. The minimum atomic E-state index is -0.931. The van der Waals surface area contributed by atoms with Crippen LogP contribution in [0.3, 0.4) is 0 Å². The molecule has 0 aliphatic carbocycles. The van der Waals surface area contributed by atoms with Crippen molar-refractivity contribution in [3.8, 4) is 0 Å². The van der Waals surface area contributed by atoms with Crippen molar-refractivity contribution < 1.29 is 9.90 Å². The predicted molar refractivity (Wildman–Crippen MR) is 49.9 cm³/mol. The van der Waals surface area contributed by atoms with Gasteiger partial charge in [-0.15, -0.1) is 0 Å². The molecule has 2 aromatic rings. The number of aromatic nitrogens is 2. The van der Waals surface area contributed by atoms with Crippen LogP contribution in [-0.4, -0.2) is 20.5 Å². The number of aromatic carboxylic acids is 1. The Labute approximate surface area is 82.0 Å². The number of carboxylic acid groups (broad SMARTS) is 1. The second-order valence-electron chi connectivity index (χ2n) is 2.54. The van der Waals surface area contributed by atoms with E-state index in [2.05, 4.69) is 20.9 Å². The molecule has 0 spiro atoms. The van der Waals surface area contributed by atoms with E-state index in [0.29, 0.717) is 4.73 Å². The second kappa shape index (κ2) is 2.85. The summed E-state index contributed by atoms with van der Waals surface area (Å²) in [5.74, 6) is -0.931. The van der Waals surface area contributed by atoms with E-state index in [-0.39, 0.29) is 5.56 Å². The lowest BCUT2D eigenvalue weighted by Gasteiger charge is -1.96. The lowest BCUT2D eigenvalue weighted by molar-refractivity contribution is 0.0697. The number of hydrogen-bond acceptors (Lipinski definition) is 2. The molecular weight excluding hydrogens is 236 g/mol. The maximum Gasteiger partial charge on any atom is 0.335 e. The molecule has 0 aliphatic heterocycles. The number of nitrogens with zero attached hydrogens (tertiary/aromatic N) is 2. The Morgan fingerprint density at radius 3 is 3.08 bits per heavy atom. The quantitative estimate of drug-likeness (QED) is 0.828. The van der Waals surface area contributed by atoms with Gasteiger partial charge < -0.3 is 5.11 Å². The molecule has 0 amide bonds. The van der Waals surface area contributed by atoms with Crippen LogP contribution < -0.4 is 0 Å². The molecule has 66 valence electrons.